The lowest BCUT2D eigenvalue weighted by Gasteiger charge is -2.09. The predicted octanol–water partition coefficient (Wildman–Crippen LogP) is 2.89. The van der Waals surface area contributed by atoms with Crippen LogP contribution in [0.2, 0.25) is 0 Å². The summed E-state index contributed by atoms with van der Waals surface area (Å²) >= 11 is 3.44. The van der Waals surface area contributed by atoms with Gasteiger partial charge in [0.2, 0.25) is 12.7 Å². The first kappa shape index (κ1) is 18.1. The number of fused-ring (bicyclic) bond motifs is 1. The van der Waals surface area contributed by atoms with Gasteiger partial charge in [-0.15, -0.1) is 0 Å². The minimum atomic E-state index is -0.245. The van der Waals surface area contributed by atoms with Gasteiger partial charge >= 0.3 is 0 Å². The van der Waals surface area contributed by atoms with E-state index in [1.165, 1.54) is 0 Å². The Kier molecular flexibility index (Phi) is 5.62. The van der Waals surface area contributed by atoms with Gasteiger partial charge in [-0.25, -0.2) is 5.43 Å². The van der Waals surface area contributed by atoms with Crippen LogP contribution < -0.4 is 24.4 Å². The lowest BCUT2D eigenvalue weighted by molar-refractivity contribution is -0.120. The van der Waals surface area contributed by atoms with E-state index < -0.39 is 0 Å². The van der Waals surface area contributed by atoms with Gasteiger partial charge in [-0.3, -0.25) is 4.79 Å². The van der Waals surface area contributed by atoms with E-state index in [1.807, 2.05) is 0 Å². The van der Waals surface area contributed by atoms with Crippen LogP contribution in [0.5, 0.6) is 23.0 Å². The molecule has 0 saturated carbocycles. The molecule has 26 heavy (non-hydrogen) atoms. The Labute approximate surface area is 159 Å². The van der Waals surface area contributed by atoms with E-state index in [2.05, 4.69) is 26.5 Å². The fourth-order valence-corrected chi connectivity index (χ4v) is 2.85. The molecule has 0 fully saturated rings. The topological polar surface area (TPSA) is 78.4 Å². The highest BCUT2D eigenvalue weighted by molar-refractivity contribution is 9.10. The molecule has 3 rings (SSSR count). The molecule has 1 heterocycles. The van der Waals surface area contributed by atoms with E-state index in [9.17, 15) is 4.79 Å². The maximum atomic E-state index is 12.1. The zero-order chi connectivity index (χ0) is 18.5. The van der Waals surface area contributed by atoms with Crippen molar-refractivity contribution in [3.05, 3.63) is 45.9 Å². The quantitative estimate of drug-likeness (QED) is 0.574. The van der Waals surface area contributed by atoms with Crippen LogP contribution in [0.1, 0.15) is 11.1 Å². The van der Waals surface area contributed by atoms with Crippen LogP contribution in [-0.2, 0) is 11.2 Å². The normalized spacial score (nSPS) is 12.3. The Balaban J connectivity index is 1.62. The molecule has 0 atom stereocenters. The second-order valence-electron chi connectivity index (χ2n) is 5.39. The third-order valence-electron chi connectivity index (χ3n) is 3.70. The van der Waals surface area contributed by atoms with Crippen LogP contribution in [0.15, 0.2) is 39.9 Å². The SMILES string of the molecule is COc1ccc(CC(=O)N/N=C\c2cc3c(cc2Br)OCO3)cc1OC. The van der Waals surface area contributed by atoms with Crippen LogP contribution in [0.25, 0.3) is 0 Å². The van der Waals surface area contributed by atoms with Crippen molar-refractivity contribution < 1.29 is 23.7 Å². The average molecular weight is 421 g/mol. The second-order valence-corrected chi connectivity index (χ2v) is 6.24. The van der Waals surface area contributed by atoms with Gasteiger partial charge in [-0.2, -0.15) is 5.10 Å². The first-order valence-corrected chi connectivity index (χ1v) is 8.52. The third kappa shape index (κ3) is 4.08. The molecule has 8 heteroatoms. The summed E-state index contributed by atoms with van der Waals surface area (Å²) in [7, 11) is 3.11. The highest BCUT2D eigenvalue weighted by atomic mass is 79.9. The van der Waals surface area contributed by atoms with E-state index in [0.717, 1.165) is 15.6 Å². The molecule has 0 unspecified atom stereocenters. The molecular formula is C18H17BrN2O5. The van der Waals surface area contributed by atoms with Crippen molar-refractivity contribution in [3.8, 4) is 23.0 Å². The summed E-state index contributed by atoms with van der Waals surface area (Å²) in [5.41, 5.74) is 4.06. The highest BCUT2D eigenvalue weighted by Gasteiger charge is 2.15. The van der Waals surface area contributed by atoms with Crippen molar-refractivity contribution in [2.45, 2.75) is 6.42 Å². The van der Waals surface area contributed by atoms with Crippen molar-refractivity contribution in [2.24, 2.45) is 5.10 Å². The fraction of sp³-hybridized carbons (Fsp3) is 0.222. The Morgan fingerprint density at radius 2 is 1.92 bits per heavy atom. The summed E-state index contributed by atoms with van der Waals surface area (Å²) in [6.45, 7) is 0.199. The minimum absolute atomic E-state index is 0.167. The number of nitrogens with one attached hydrogen (secondary N) is 1. The van der Waals surface area contributed by atoms with Crippen molar-refractivity contribution in [1.82, 2.24) is 5.43 Å². The number of nitrogens with zero attached hydrogens (tertiary/aromatic N) is 1. The minimum Gasteiger partial charge on any atom is -0.493 e. The number of rotatable bonds is 6. The zero-order valence-electron chi connectivity index (χ0n) is 14.2. The number of methoxy groups -OCH3 is 2. The number of benzene rings is 2. The maximum absolute atomic E-state index is 12.1. The molecule has 0 aliphatic carbocycles. The molecule has 2 aromatic rings. The number of hydrazone groups is 1. The predicted molar refractivity (Wildman–Crippen MR) is 99.3 cm³/mol. The van der Waals surface area contributed by atoms with E-state index >= 15 is 0 Å². The molecular weight excluding hydrogens is 404 g/mol. The highest BCUT2D eigenvalue weighted by Crippen LogP contribution is 2.36. The van der Waals surface area contributed by atoms with Crippen molar-refractivity contribution in [3.63, 3.8) is 0 Å². The second kappa shape index (κ2) is 8.09. The average Bonchev–Trinajstić information content (AvgIpc) is 3.08. The number of amides is 1. The van der Waals surface area contributed by atoms with Crippen molar-refractivity contribution >= 4 is 28.1 Å². The Morgan fingerprint density at radius 1 is 1.19 bits per heavy atom. The summed E-state index contributed by atoms with van der Waals surface area (Å²) in [6, 6.07) is 8.91. The fourth-order valence-electron chi connectivity index (χ4n) is 2.42. The summed E-state index contributed by atoms with van der Waals surface area (Å²) in [6.07, 6.45) is 1.71. The largest absolute Gasteiger partial charge is 0.493 e. The van der Waals surface area contributed by atoms with Crippen molar-refractivity contribution in [1.29, 1.82) is 0 Å². The molecule has 7 nitrogen and oxygen atoms in total. The Bertz CT molecular complexity index is 854. The summed E-state index contributed by atoms with van der Waals surface area (Å²) < 4.78 is 21.8. The molecule has 1 aliphatic heterocycles. The number of hydrogen-bond donors (Lipinski definition) is 1. The molecule has 0 radical (unpaired) electrons. The van der Waals surface area contributed by atoms with Gasteiger partial charge in [0.1, 0.15) is 0 Å². The van der Waals surface area contributed by atoms with Crippen LogP contribution in [0, 0.1) is 0 Å². The van der Waals surface area contributed by atoms with Crippen LogP contribution >= 0.6 is 15.9 Å². The molecule has 0 spiro atoms. The van der Waals surface area contributed by atoms with Crippen LogP contribution in [0.3, 0.4) is 0 Å². The lowest BCUT2D eigenvalue weighted by Crippen LogP contribution is -2.19. The van der Waals surface area contributed by atoms with Gasteiger partial charge in [0, 0.05) is 10.0 Å². The Morgan fingerprint density at radius 3 is 2.65 bits per heavy atom. The number of halogens is 1. The molecule has 136 valence electrons. The van der Waals surface area contributed by atoms with Crippen LogP contribution in [-0.4, -0.2) is 33.1 Å². The van der Waals surface area contributed by atoms with E-state index in [0.29, 0.717) is 23.0 Å². The third-order valence-corrected chi connectivity index (χ3v) is 4.38. The number of carbonyl (C=O) groups is 1. The number of hydrogen-bond acceptors (Lipinski definition) is 6. The molecule has 0 aromatic heterocycles. The van der Waals surface area contributed by atoms with E-state index in [1.54, 1.807) is 50.8 Å². The van der Waals surface area contributed by atoms with Gasteiger partial charge in [-0.05, 0) is 45.8 Å². The van der Waals surface area contributed by atoms with Crippen LogP contribution in [0.4, 0.5) is 0 Å². The monoisotopic (exact) mass is 420 g/mol. The molecule has 2 aromatic carbocycles. The van der Waals surface area contributed by atoms with Gasteiger partial charge in [0.05, 0.1) is 26.9 Å². The molecule has 1 aliphatic rings. The molecule has 0 saturated heterocycles. The summed E-state index contributed by atoms with van der Waals surface area (Å²) in [5.74, 6) is 2.26. The van der Waals surface area contributed by atoms with Gasteiger partial charge in [-0.1, -0.05) is 6.07 Å². The first-order chi connectivity index (χ1) is 12.6. The smallest absolute Gasteiger partial charge is 0.244 e. The summed E-state index contributed by atoms with van der Waals surface area (Å²) in [4.78, 5) is 12.1. The van der Waals surface area contributed by atoms with Gasteiger partial charge in [0.15, 0.2) is 23.0 Å². The lowest BCUT2D eigenvalue weighted by atomic mass is 10.1. The summed E-state index contributed by atoms with van der Waals surface area (Å²) in [5, 5.41) is 3.99. The Hall–Kier alpha value is -2.74. The first-order valence-electron chi connectivity index (χ1n) is 7.72. The number of ether oxygens (including phenoxy) is 4. The van der Waals surface area contributed by atoms with Crippen molar-refractivity contribution in [2.75, 3.05) is 21.0 Å². The molecule has 1 amide bonds. The molecule has 1 N–H and O–H groups in total. The molecule has 0 bridgehead atoms. The zero-order valence-corrected chi connectivity index (χ0v) is 15.8. The standard InChI is InChI=1S/C18H17BrN2O5/c1-23-14-4-3-11(5-15(14)24-2)6-18(22)21-20-9-12-7-16-17(8-13(12)19)26-10-25-16/h3-5,7-9H,6,10H2,1-2H3,(H,21,22)/b20-9-. The maximum Gasteiger partial charge on any atom is 0.244 e. The van der Waals surface area contributed by atoms with Gasteiger partial charge in [0.25, 0.3) is 0 Å². The van der Waals surface area contributed by atoms with E-state index in [4.69, 9.17) is 18.9 Å². The number of carbonyl (C=O) groups excluding carboxylic acids is 1. The van der Waals surface area contributed by atoms with Gasteiger partial charge < -0.3 is 18.9 Å². The van der Waals surface area contributed by atoms with E-state index in [-0.39, 0.29) is 19.1 Å².